The van der Waals surface area contributed by atoms with Crippen LogP contribution in [0.15, 0.2) is 35.7 Å². The van der Waals surface area contributed by atoms with Crippen LogP contribution in [0.3, 0.4) is 0 Å². The topological polar surface area (TPSA) is 58.6 Å². The van der Waals surface area contributed by atoms with Gasteiger partial charge in [-0.05, 0) is 75.4 Å². The van der Waals surface area contributed by atoms with Crippen molar-refractivity contribution in [1.82, 2.24) is 4.90 Å². The van der Waals surface area contributed by atoms with Crippen molar-refractivity contribution in [2.24, 2.45) is 0 Å². The van der Waals surface area contributed by atoms with E-state index in [0.717, 1.165) is 13.0 Å². The van der Waals surface area contributed by atoms with Crippen LogP contribution in [0.1, 0.15) is 54.5 Å². The fraction of sp³-hybridized carbons (Fsp3) is 0.400. The van der Waals surface area contributed by atoms with Gasteiger partial charge in [0.15, 0.2) is 0 Å². The van der Waals surface area contributed by atoms with E-state index in [2.05, 4.69) is 23.7 Å². The van der Waals surface area contributed by atoms with Crippen molar-refractivity contribution >= 4 is 29.0 Å². The minimum absolute atomic E-state index is 0.0122. The molecule has 3 rings (SSSR count). The summed E-state index contributed by atoms with van der Waals surface area (Å²) in [5.41, 5.74) is 1.91. The number of carbonyl (C=O) groups excluding carboxylic acids is 2. The van der Waals surface area contributed by atoms with E-state index in [0.29, 0.717) is 11.3 Å². The van der Waals surface area contributed by atoms with Gasteiger partial charge in [-0.25, -0.2) is 4.79 Å². The molecule has 1 aliphatic rings. The van der Waals surface area contributed by atoms with Crippen molar-refractivity contribution < 1.29 is 14.3 Å². The van der Waals surface area contributed by atoms with Crippen LogP contribution >= 0.6 is 11.3 Å². The number of fused-ring (bicyclic) bond motifs is 1. The molecule has 1 unspecified atom stereocenters. The molecule has 0 radical (unpaired) electrons. The van der Waals surface area contributed by atoms with E-state index in [1.54, 1.807) is 35.6 Å². The summed E-state index contributed by atoms with van der Waals surface area (Å²) in [6, 6.07) is 9.12. The first-order valence-corrected chi connectivity index (χ1v) is 9.60. The van der Waals surface area contributed by atoms with Crippen molar-refractivity contribution in [3.05, 3.63) is 51.7 Å². The predicted octanol–water partition coefficient (Wildman–Crippen LogP) is 4.85. The average Bonchev–Trinajstić information content (AvgIpc) is 3.03. The SMILES string of the molecule is CC1c2ccsc2CCN1C(=O)c1ccc(NC(=O)OC(C)(C)C)cc1. The van der Waals surface area contributed by atoms with Crippen molar-refractivity contribution in [3.8, 4) is 0 Å². The van der Waals surface area contributed by atoms with Gasteiger partial charge in [0.1, 0.15) is 5.60 Å². The Hall–Kier alpha value is -2.34. The third-order valence-electron chi connectivity index (χ3n) is 4.32. The molecule has 0 bridgehead atoms. The van der Waals surface area contributed by atoms with E-state index < -0.39 is 11.7 Å². The number of nitrogens with zero attached hydrogens (tertiary/aromatic N) is 1. The maximum absolute atomic E-state index is 12.9. The molecule has 1 N–H and O–H groups in total. The number of amides is 2. The Morgan fingerprint density at radius 2 is 1.88 bits per heavy atom. The van der Waals surface area contributed by atoms with Crippen molar-refractivity contribution in [1.29, 1.82) is 0 Å². The normalized spacial score (nSPS) is 16.8. The fourth-order valence-corrected chi connectivity index (χ4v) is 4.03. The Morgan fingerprint density at radius 1 is 1.19 bits per heavy atom. The minimum Gasteiger partial charge on any atom is -0.444 e. The van der Waals surface area contributed by atoms with Gasteiger partial charge in [-0.2, -0.15) is 0 Å². The number of thiophene rings is 1. The molecule has 5 nitrogen and oxygen atoms in total. The highest BCUT2D eigenvalue weighted by molar-refractivity contribution is 7.10. The molecule has 2 aromatic rings. The average molecular weight is 372 g/mol. The molecule has 2 heterocycles. The van der Waals surface area contributed by atoms with Crippen molar-refractivity contribution in [3.63, 3.8) is 0 Å². The second kappa shape index (κ2) is 7.11. The second-order valence-corrected chi connectivity index (χ2v) is 8.43. The summed E-state index contributed by atoms with van der Waals surface area (Å²) in [4.78, 5) is 28.0. The molecular weight excluding hydrogens is 348 g/mol. The van der Waals surface area contributed by atoms with Crippen LogP contribution in [0.5, 0.6) is 0 Å². The van der Waals surface area contributed by atoms with E-state index in [1.807, 2.05) is 25.7 Å². The minimum atomic E-state index is -0.551. The predicted molar refractivity (Wildman–Crippen MR) is 104 cm³/mol. The van der Waals surface area contributed by atoms with Crippen LogP contribution in [0, 0.1) is 0 Å². The lowest BCUT2D eigenvalue weighted by Gasteiger charge is -2.33. The van der Waals surface area contributed by atoms with E-state index in [4.69, 9.17) is 4.74 Å². The fourth-order valence-electron chi connectivity index (χ4n) is 3.07. The summed E-state index contributed by atoms with van der Waals surface area (Å²) in [5.74, 6) is 0.0122. The van der Waals surface area contributed by atoms with Crippen LogP contribution in [0.4, 0.5) is 10.5 Å². The van der Waals surface area contributed by atoms with E-state index >= 15 is 0 Å². The zero-order valence-corrected chi connectivity index (χ0v) is 16.4. The van der Waals surface area contributed by atoms with Crippen molar-refractivity contribution in [2.75, 3.05) is 11.9 Å². The first kappa shape index (κ1) is 18.5. The van der Waals surface area contributed by atoms with E-state index in [-0.39, 0.29) is 11.9 Å². The molecule has 0 saturated heterocycles. The molecule has 0 saturated carbocycles. The Kier molecular flexibility index (Phi) is 5.05. The number of nitrogens with one attached hydrogen (secondary N) is 1. The molecule has 0 aliphatic carbocycles. The first-order valence-electron chi connectivity index (χ1n) is 8.72. The summed E-state index contributed by atoms with van der Waals surface area (Å²) >= 11 is 1.76. The lowest BCUT2D eigenvalue weighted by molar-refractivity contribution is 0.0634. The quantitative estimate of drug-likeness (QED) is 0.819. The number of carbonyl (C=O) groups is 2. The number of hydrogen-bond acceptors (Lipinski definition) is 4. The van der Waals surface area contributed by atoms with Gasteiger partial charge >= 0.3 is 6.09 Å². The second-order valence-electron chi connectivity index (χ2n) is 7.43. The molecule has 138 valence electrons. The van der Waals surface area contributed by atoms with Gasteiger partial charge in [-0.15, -0.1) is 11.3 Å². The number of benzene rings is 1. The van der Waals surface area contributed by atoms with Gasteiger partial charge in [-0.1, -0.05) is 0 Å². The van der Waals surface area contributed by atoms with Gasteiger partial charge in [-0.3, -0.25) is 10.1 Å². The maximum atomic E-state index is 12.9. The Balaban J connectivity index is 1.67. The van der Waals surface area contributed by atoms with Gasteiger partial charge in [0.25, 0.3) is 5.91 Å². The Morgan fingerprint density at radius 3 is 2.54 bits per heavy atom. The third-order valence-corrected chi connectivity index (χ3v) is 5.31. The van der Waals surface area contributed by atoms with Crippen LogP contribution < -0.4 is 5.32 Å². The zero-order valence-electron chi connectivity index (χ0n) is 15.5. The van der Waals surface area contributed by atoms with Crippen LogP contribution in [-0.4, -0.2) is 29.0 Å². The van der Waals surface area contributed by atoms with Crippen LogP contribution in [0.2, 0.25) is 0 Å². The summed E-state index contributed by atoms with van der Waals surface area (Å²) in [6.45, 7) is 8.24. The highest BCUT2D eigenvalue weighted by atomic mass is 32.1. The first-order chi connectivity index (χ1) is 12.2. The molecule has 1 aliphatic heterocycles. The molecule has 26 heavy (non-hydrogen) atoms. The molecule has 0 spiro atoms. The Labute approximate surface area is 158 Å². The van der Waals surface area contributed by atoms with E-state index in [9.17, 15) is 9.59 Å². The van der Waals surface area contributed by atoms with Crippen LogP contribution in [0.25, 0.3) is 0 Å². The van der Waals surface area contributed by atoms with Gasteiger partial charge in [0.05, 0.1) is 6.04 Å². The molecule has 2 amide bonds. The zero-order chi connectivity index (χ0) is 18.9. The van der Waals surface area contributed by atoms with Gasteiger partial charge < -0.3 is 9.64 Å². The summed E-state index contributed by atoms with van der Waals surface area (Å²) in [7, 11) is 0. The number of anilines is 1. The molecular formula is C20H24N2O3S. The van der Waals surface area contributed by atoms with Gasteiger partial charge in [0, 0.05) is 22.7 Å². The monoisotopic (exact) mass is 372 g/mol. The Bertz CT molecular complexity index is 805. The highest BCUT2D eigenvalue weighted by Gasteiger charge is 2.28. The van der Waals surface area contributed by atoms with Crippen molar-refractivity contribution in [2.45, 2.75) is 45.8 Å². The lowest BCUT2D eigenvalue weighted by atomic mass is 10.0. The number of hydrogen-bond donors (Lipinski definition) is 1. The summed E-state index contributed by atoms with van der Waals surface area (Å²) in [5, 5.41) is 4.77. The van der Waals surface area contributed by atoms with Crippen LogP contribution in [-0.2, 0) is 11.2 Å². The standard InChI is InChI=1S/C20H24N2O3S/c1-13-16-10-12-26-17(16)9-11-22(13)18(23)14-5-7-15(8-6-14)21-19(24)25-20(2,3)4/h5-8,10,12-13H,9,11H2,1-4H3,(H,21,24). The molecule has 1 atom stereocenters. The smallest absolute Gasteiger partial charge is 0.412 e. The highest BCUT2D eigenvalue weighted by Crippen LogP contribution is 2.33. The molecule has 1 aromatic carbocycles. The van der Waals surface area contributed by atoms with Gasteiger partial charge in [0.2, 0.25) is 0 Å². The summed E-state index contributed by atoms with van der Waals surface area (Å²) in [6.07, 6.45) is 0.396. The lowest BCUT2D eigenvalue weighted by Crippen LogP contribution is -2.38. The third kappa shape index (κ3) is 4.07. The largest absolute Gasteiger partial charge is 0.444 e. The van der Waals surface area contributed by atoms with E-state index in [1.165, 1.54) is 10.4 Å². The maximum Gasteiger partial charge on any atom is 0.412 e. The molecule has 1 aromatic heterocycles. The number of rotatable bonds is 2. The number of ether oxygens (including phenoxy) is 1. The molecule has 6 heteroatoms. The summed E-state index contributed by atoms with van der Waals surface area (Å²) < 4.78 is 5.23. The molecule has 0 fully saturated rings.